The summed E-state index contributed by atoms with van der Waals surface area (Å²) < 4.78 is 26.5. The Kier molecular flexibility index (Phi) is 7.63. The lowest BCUT2D eigenvalue weighted by Gasteiger charge is -2.32. The molecule has 1 unspecified atom stereocenters. The number of nitrogens with one attached hydrogen (secondary N) is 2. The molecule has 1 aliphatic heterocycles. The number of halogens is 3. The first kappa shape index (κ1) is 22.0. The summed E-state index contributed by atoms with van der Waals surface area (Å²) in [7, 11) is 0. The Morgan fingerprint density at radius 2 is 2.00 bits per heavy atom. The molecule has 1 heterocycles. The second-order valence-electron chi connectivity index (χ2n) is 7.46. The minimum absolute atomic E-state index is 0.0283. The van der Waals surface area contributed by atoms with Crippen molar-refractivity contribution in [3.05, 3.63) is 64.7 Å². The van der Waals surface area contributed by atoms with Gasteiger partial charge in [-0.05, 0) is 61.1 Å². The van der Waals surface area contributed by atoms with Gasteiger partial charge in [-0.3, -0.25) is 4.79 Å². The van der Waals surface area contributed by atoms with E-state index in [1.54, 1.807) is 23.1 Å². The first-order valence-corrected chi connectivity index (χ1v) is 10.3. The number of hydrogen-bond donors (Lipinski definition) is 2. The van der Waals surface area contributed by atoms with Crippen LogP contribution in [0.4, 0.5) is 19.3 Å². The van der Waals surface area contributed by atoms with Gasteiger partial charge in [0.25, 0.3) is 0 Å². The molecule has 2 aromatic carbocycles. The van der Waals surface area contributed by atoms with E-state index in [4.69, 9.17) is 11.6 Å². The molecule has 30 heavy (non-hydrogen) atoms. The van der Waals surface area contributed by atoms with Crippen molar-refractivity contribution in [1.29, 1.82) is 0 Å². The average Bonchev–Trinajstić information content (AvgIpc) is 2.73. The van der Waals surface area contributed by atoms with E-state index in [2.05, 4.69) is 10.6 Å². The molecule has 160 valence electrons. The molecular formula is C22H24ClF2N3O2. The van der Waals surface area contributed by atoms with E-state index < -0.39 is 11.6 Å². The summed E-state index contributed by atoms with van der Waals surface area (Å²) in [5.41, 5.74) is 1.15. The summed E-state index contributed by atoms with van der Waals surface area (Å²) in [4.78, 5) is 26.3. The van der Waals surface area contributed by atoms with Crippen molar-refractivity contribution in [2.45, 2.75) is 32.2 Å². The molecule has 0 aromatic heterocycles. The second-order valence-corrected chi connectivity index (χ2v) is 7.87. The van der Waals surface area contributed by atoms with E-state index in [0.717, 1.165) is 18.4 Å². The number of urea groups is 1. The molecule has 8 heteroatoms. The molecule has 5 nitrogen and oxygen atoms in total. The topological polar surface area (TPSA) is 61.4 Å². The molecule has 1 atom stereocenters. The molecular weight excluding hydrogens is 412 g/mol. The van der Waals surface area contributed by atoms with Gasteiger partial charge >= 0.3 is 6.03 Å². The number of likely N-dealkylation sites (tertiary alicyclic amines) is 1. The van der Waals surface area contributed by atoms with Gasteiger partial charge in [-0.15, -0.1) is 0 Å². The van der Waals surface area contributed by atoms with Gasteiger partial charge in [-0.2, -0.15) is 0 Å². The minimum atomic E-state index is -0.491. The smallest absolute Gasteiger partial charge is 0.321 e. The molecule has 2 aromatic rings. The van der Waals surface area contributed by atoms with E-state index >= 15 is 0 Å². The highest BCUT2D eigenvalue weighted by atomic mass is 35.5. The van der Waals surface area contributed by atoms with Gasteiger partial charge in [0.1, 0.15) is 11.6 Å². The van der Waals surface area contributed by atoms with Crippen LogP contribution in [0.5, 0.6) is 0 Å². The Bertz CT molecular complexity index is 910. The maximum absolute atomic E-state index is 13.3. The van der Waals surface area contributed by atoms with Crippen LogP contribution >= 0.6 is 11.6 Å². The molecule has 0 bridgehead atoms. The predicted molar refractivity (Wildman–Crippen MR) is 112 cm³/mol. The van der Waals surface area contributed by atoms with Gasteiger partial charge in [-0.25, -0.2) is 13.6 Å². The molecule has 1 saturated heterocycles. The standard InChI is InChI=1S/C22H24ClF2N3O2/c23-19-11-16(6-8-20(19)25)13-26-21(29)9-7-15-3-2-10-28(14-15)22(30)27-18-5-1-4-17(24)12-18/h1,4-6,8,11-12,15H,2-3,7,9-10,13-14H2,(H,26,29)(H,27,30). The van der Waals surface area contributed by atoms with Crippen molar-refractivity contribution in [1.82, 2.24) is 10.2 Å². The third-order valence-corrected chi connectivity index (χ3v) is 5.43. The predicted octanol–water partition coefficient (Wildman–Crippen LogP) is 4.96. The van der Waals surface area contributed by atoms with Crippen LogP contribution in [0.2, 0.25) is 5.02 Å². The Hall–Kier alpha value is -2.67. The van der Waals surface area contributed by atoms with Crippen LogP contribution in [0, 0.1) is 17.6 Å². The Labute approximate surface area is 179 Å². The second kappa shape index (κ2) is 10.4. The van der Waals surface area contributed by atoms with Crippen LogP contribution in [0.25, 0.3) is 0 Å². The Morgan fingerprint density at radius 1 is 1.17 bits per heavy atom. The molecule has 3 amide bonds. The fourth-order valence-electron chi connectivity index (χ4n) is 3.53. The quantitative estimate of drug-likeness (QED) is 0.673. The summed E-state index contributed by atoms with van der Waals surface area (Å²) >= 11 is 5.75. The van der Waals surface area contributed by atoms with E-state index in [-0.39, 0.29) is 29.4 Å². The molecule has 0 saturated carbocycles. The van der Waals surface area contributed by atoms with Crippen LogP contribution < -0.4 is 10.6 Å². The Balaban J connectivity index is 1.42. The van der Waals surface area contributed by atoms with Crippen LogP contribution in [-0.2, 0) is 11.3 Å². The third kappa shape index (κ3) is 6.42. The Morgan fingerprint density at radius 3 is 2.77 bits per heavy atom. The summed E-state index contributed by atoms with van der Waals surface area (Å²) in [6.07, 6.45) is 2.82. The third-order valence-electron chi connectivity index (χ3n) is 5.14. The van der Waals surface area contributed by atoms with E-state index in [1.165, 1.54) is 24.3 Å². The summed E-state index contributed by atoms with van der Waals surface area (Å²) in [5, 5.41) is 5.55. The highest BCUT2D eigenvalue weighted by Crippen LogP contribution is 2.22. The number of nitrogens with zero attached hydrogens (tertiary/aromatic N) is 1. The average molecular weight is 436 g/mol. The maximum Gasteiger partial charge on any atom is 0.321 e. The first-order chi connectivity index (χ1) is 14.4. The van der Waals surface area contributed by atoms with Crippen LogP contribution in [0.15, 0.2) is 42.5 Å². The fourth-order valence-corrected chi connectivity index (χ4v) is 3.73. The highest BCUT2D eigenvalue weighted by molar-refractivity contribution is 6.30. The number of carbonyl (C=O) groups excluding carboxylic acids is 2. The number of piperidine rings is 1. The number of hydrogen-bond acceptors (Lipinski definition) is 2. The number of carbonyl (C=O) groups is 2. The lowest BCUT2D eigenvalue weighted by atomic mass is 9.93. The van der Waals surface area contributed by atoms with Crippen LogP contribution in [0.1, 0.15) is 31.2 Å². The monoisotopic (exact) mass is 435 g/mol. The van der Waals surface area contributed by atoms with Crippen molar-refractivity contribution in [2.75, 3.05) is 18.4 Å². The molecule has 0 aliphatic carbocycles. The summed E-state index contributed by atoms with van der Waals surface area (Å²) in [6.45, 7) is 1.48. The first-order valence-electron chi connectivity index (χ1n) is 9.93. The van der Waals surface area contributed by atoms with Crippen molar-refractivity contribution in [3.63, 3.8) is 0 Å². The molecule has 1 aliphatic rings. The SMILES string of the molecule is O=C(CCC1CCCN(C(=O)Nc2cccc(F)c2)C1)NCc1ccc(F)c(Cl)c1. The maximum atomic E-state index is 13.3. The van der Waals surface area contributed by atoms with Crippen molar-refractivity contribution in [2.24, 2.45) is 5.92 Å². The van der Waals surface area contributed by atoms with Crippen molar-refractivity contribution < 1.29 is 18.4 Å². The normalized spacial score (nSPS) is 16.2. The number of amides is 3. The lowest BCUT2D eigenvalue weighted by molar-refractivity contribution is -0.121. The minimum Gasteiger partial charge on any atom is -0.352 e. The van der Waals surface area contributed by atoms with E-state index in [0.29, 0.717) is 31.6 Å². The number of benzene rings is 2. The molecule has 3 rings (SSSR count). The lowest BCUT2D eigenvalue weighted by Crippen LogP contribution is -2.42. The zero-order valence-corrected chi connectivity index (χ0v) is 17.2. The van der Waals surface area contributed by atoms with E-state index in [1.807, 2.05) is 0 Å². The molecule has 2 N–H and O–H groups in total. The van der Waals surface area contributed by atoms with Gasteiger partial charge in [0.15, 0.2) is 0 Å². The fraction of sp³-hybridized carbons (Fsp3) is 0.364. The number of anilines is 1. The summed E-state index contributed by atoms with van der Waals surface area (Å²) in [5.74, 6) is -0.770. The summed E-state index contributed by atoms with van der Waals surface area (Å²) in [6, 6.07) is 9.87. The van der Waals surface area contributed by atoms with Gasteiger partial charge in [0.2, 0.25) is 5.91 Å². The van der Waals surface area contributed by atoms with Crippen LogP contribution in [0.3, 0.4) is 0 Å². The van der Waals surface area contributed by atoms with Gasteiger partial charge in [0.05, 0.1) is 5.02 Å². The molecule has 0 spiro atoms. The molecule has 1 fully saturated rings. The molecule has 0 radical (unpaired) electrons. The largest absolute Gasteiger partial charge is 0.352 e. The van der Waals surface area contributed by atoms with Crippen molar-refractivity contribution >= 4 is 29.2 Å². The van der Waals surface area contributed by atoms with Gasteiger partial charge in [0, 0.05) is 31.7 Å². The van der Waals surface area contributed by atoms with Crippen molar-refractivity contribution in [3.8, 4) is 0 Å². The van der Waals surface area contributed by atoms with Gasteiger partial charge in [-0.1, -0.05) is 23.7 Å². The zero-order valence-electron chi connectivity index (χ0n) is 16.5. The van der Waals surface area contributed by atoms with Crippen LogP contribution in [-0.4, -0.2) is 29.9 Å². The highest BCUT2D eigenvalue weighted by Gasteiger charge is 2.24. The number of rotatable bonds is 6. The zero-order chi connectivity index (χ0) is 21.5. The van der Waals surface area contributed by atoms with E-state index in [9.17, 15) is 18.4 Å². The van der Waals surface area contributed by atoms with Gasteiger partial charge < -0.3 is 15.5 Å².